The molecule has 26 heavy (non-hydrogen) atoms. The molecule has 4 nitrogen and oxygen atoms in total. The standard InChI is InChI=1S/C22H31N3O/c1-5-16(2)21(23)22(26)24-14-19-8-6-7-9-20(19)18-12-10-17(11-13-18)15-25(3)4/h6-13,16,21H,5,14-15,23H2,1-4H3,(H,24,26). The first kappa shape index (κ1) is 20.1. The fraction of sp³-hybridized carbons (Fsp3) is 0.409. The quantitative estimate of drug-likeness (QED) is 0.765. The van der Waals surface area contributed by atoms with Gasteiger partial charge in [0.25, 0.3) is 0 Å². The van der Waals surface area contributed by atoms with Crippen molar-refractivity contribution >= 4 is 5.91 Å². The van der Waals surface area contributed by atoms with E-state index in [1.807, 2.05) is 26.0 Å². The van der Waals surface area contributed by atoms with Crippen LogP contribution in [0.4, 0.5) is 0 Å². The minimum Gasteiger partial charge on any atom is -0.351 e. The molecular formula is C22H31N3O. The van der Waals surface area contributed by atoms with Crippen LogP contribution in [0, 0.1) is 5.92 Å². The highest BCUT2D eigenvalue weighted by atomic mass is 16.2. The van der Waals surface area contributed by atoms with Crippen molar-refractivity contribution in [3.8, 4) is 11.1 Å². The largest absolute Gasteiger partial charge is 0.351 e. The summed E-state index contributed by atoms with van der Waals surface area (Å²) in [7, 11) is 4.13. The van der Waals surface area contributed by atoms with Crippen molar-refractivity contribution in [1.29, 1.82) is 0 Å². The van der Waals surface area contributed by atoms with Crippen molar-refractivity contribution in [2.45, 2.75) is 39.4 Å². The monoisotopic (exact) mass is 353 g/mol. The fourth-order valence-electron chi connectivity index (χ4n) is 2.92. The van der Waals surface area contributed by atoms with Crippen LogP contribution in [0.15, 0.2) is 48.5 Å². The lowest BCUT2D eigenvalue weighted by Crippen LogP contribution is -2.44. The number of nitrogens with one attached hydrogen (secondary N) is 1. The highest BCUT2D eigenvalue weighted by Crippen LogP contribution is 2.24. The molecule has 2 unspecified atom stereocenters. The van der Waals surface area contributed by atoms with Gasteiger partial charge in [0, 0.05) is 13.1 Å². The summed E-state index contributed by atoms with van der Waals surface area (Å²) in [6, 6.07) is 16.3. The van der Waals surface area contributed by atoms with Crippen molar-refractivity contribution in [2.24, 2.45) is 11.7 Å². The molecule has 0 saturated heterocycles. The average Bonchev–Trinajstić information content (AvgIpc) is 2.65. The van der Waals surface area contributed by atoms with E-state index >= 15 is 0 Å². The number of nitrogens with two attached hydrogens (primary N) is 1. The molecule has 2 aromatic rings. The summed E-state index contributed by atoms with van der Waals surface area (Å²) in [5.41, 5.74) is 10.7. The van der Waals surface area contributed by atoms with Gasteiger partial charge in [-0.1, -0.05) is 68.8 Å². The molecule has 0 radical (unpaired) electrons. The van der Waals surface area contributed by atoms with Gasteiger partial charge in [-0.25, -0.2) is 0 Å². The molecule has 0 spiro atoms. The topological polar surface area (TPSA) is 58.4 Å². The number of carbonyl (C=O) groups excluding carboxylic acids is 1. The molecule has 0 fully saturated rings. The van der Waals surface area contributed by atoms with E-state index in [4.69, 9.17) is 5.73 Å². The maximum atomic E-state index is 12.3. The summed E-state index contributed by atoms with van der Waals surface area (Å²) in [6.07, 6.45) is 0.893. The summed E-state index contributed by atoms with van der Waals surface area (Å²) in [4.78, 5) is 14.4. The van der Waals surface area contributed by atoms with Crippen LogP contribution in [-0.4, -0.2) is 30.9 Å². The van der Waals surface area contributed by atoms with Crippen LogP contribution in [0.25, 0.3) is 11.1 Å². The van der Waals surface area contributed by atoms with Gasteiger partial charge in [-0.05, 0) is 42.3 Å². The van der Waals surface area contributed by atoms with Gasteiger partial charge in [0.1, 0.15) is 0 Å². The Bertz CT molecular complexity index is 710. The summed E-state index contributed by atoms with van der Waals surface area (Å²) in [5.74, 6) is 0.0879. The van der Waals surface area contributed by atoms with E-state index in [2.05, 4.69) is 60.7 Å². The number of benzene rings is 2. The van der Waals surface area contributed by atoms with E-state index < -0.39 is 6.04 Å². The van der Waals surface area contributed by atoms with Crippen LogP contribution in [0.1, 0.15) is 31.4 Å². The predicted octanol–water partition coefficient (Wildman–Crippen LogP) is 3.40. The molecule has 4 heteroatoms. The van der Waals surface area contributed by atoms with Gasteiger partial charge in [-0.3, -0.25) is 4.79 Å². The molecule has 1 amide bonds. The Morgan fingerprint density at radius 1 is 1.12 bits per heavy atom. The Morgan fingerprint density at radius 3 is 2.38 bits per heavy atom. The van der Waals surface area contributed by atoms with Gasteiger partial charge in [-0.2, -0.15) is 0 Å². The van der Waals surface area contributed by atoms with E-state index in [1.165, 1.54) is 5.56 Å². The molecule has 2 atom stereocenters. The molecule has 0 aromatic heterocycles. The van der Waals surface area contributed by atoms with Crippen molar-refractivity contribution in [3.05, 3.63) is 59.7 Å². The highest BCUT2D eigenvalue weighted by molar-refractivity contribution is 5.82. The lowest BCUT2D eigenvalue weighted by molar-refractivity contribution is -0.123. The highest BCUT2D eigenvalue weighted by Gasteiger charge is 2.19. The molecule has 2 aromatic carbocycles. The molecule has 2 rings (SSSR count). The predicted molar refractivity (Wildman–Crippen MR) is 109 cm³/mol. The maximum absolute atomic E-state index is 12.3. The van der Waals surface area contributed by atoms with Crippen molar-refractivity contribution in [2.75, 3.05) is 14.1 Å². The Balaban J connectivity index is 2.11. The number of amides is 1. The van der Waals surface area contributed by atoms with E-state index in [-0.39, 0.29) is 11.8 Å². The number of rotatable bonds is 8. The van der Waals surface area contributed by atoms with Gasteiger partial charge in [-0.15, -0.1) is 0 Å². The van der Waals surface area contributed by atoms with Crippen LogP contribution >= 0.6 is 0 Å². The minimum absolute atomic E-state index is 0.0875. The molecule has 0 aliphatic heterocycles. The van der Waals surface area contributed by atoms with Crippen LogP contribution in [0.5, 0.6) is 0 Å². The normalized spacial score (nSPS) is 13.5. The van der Waals surface area contributed by atoms with Gasteiger partial charge in [0.05, 0.1) is 6.04 Å². The summed E-state index contributed by atoms with van der Waals surface area (Å²) < 4.78 is 0. The number of carbonyl (C=O) groups is 1. The summed E-state index contributed by atoms with van der Waals surface area (Å²) in [6.45, 7) is 5.46. The molecule has 0 aliphatic carbocycles. The SMILES string of the molecule is CCC(C)C(N)C(=O)NCc1ccccc1-c1ccc(CN(C)C)cc1. The van der Waals surface area contributed by atoms with E-state index in [9.17, 15) is 4.79 Å². The Labute approximate surface area is 157 Å². The Kier molecular flexibility index (Phi) is 7.37. The third-order valence-corrected chi connectivity index (χ3v) is 4.79. The zero-order valence-electron chi connectivity index (χ0n) is 16.3. The molecule has 0 saturated carbocycles. The minimum atomic E-state index is -0.461. The number of hydrogen-bond donors (Lipinski definition) is 2. The third-order valence-electron chi connectivity index (χ3n) is 4.79. The van der Waals surface area contributed by atoms with Crippen LogP contribution in [-0.2, 0) is 17.9 Å². The van der Waals surface area contributed by atoms with Gasteiger partial charge in [0.2, 0.25) is 5.91 Å². The smallest absolute Gasteiger partial charge is 0.237 e. The van der Waals surface area contributed by atoms with Crippen LogP contribution in [0.3, 0.4) is 0 Å². The first-order valence-corrected chi connectivity index (χ1v) is 9.27. The first-order valence-electron chi connectivity index (χ1n) is 9.27. The maximum Gasteiger partial charge on any atom is 0.237 e. The van der Waals surface area contributed by atoms with E-state index in [0.717, 1.165) is 29.7 Å². The van der Waals surface area contributed by atoms with Gasteiger partial charge < -0.3 is 16.0 Å². The molecular weight excluding hydrogens is 322 g/mol. The number of nitrogens with zero attached hydrogens (tertiary/aromatic N) is 1. The lowest BCUT2D eigenvalue weighted by atomic mass is 9.97. The van der Waals surface area contributed by atoms with Crippen molar-refractivity contribution < 1.29 is 4.79 Å². The Hall–Kier alpha value is -2.17. The fourth-order valence-corrected chi connectivity index (χ4v) is 2.92. The summed E-state index contributed by atoms with van der Waals surface area (Å²) in [5, 5.41) is 2.99. The third kappa shape index (κ3) is 5.41. The van der Waals surface area contributed by atoms with E-state index in [0.29, 0.717) is 6.54 Å². The van der Waals surface area contributed by atoms with Gasteiger partial charge >= 0.3 is 0 Å². The van der Waals surface area contributed by atoms with Crippen LogP contribution < -0.4 is 11.1 Å². The first-order chi connectivity index (χ1) is 12.4. The average molecular weight is 354 g/mol. The van der Waals surface area contributed by atoms with Crippen LogP contribution in [0.2, 0.25) is 0 Å². The second kappa shape index (κ2) is 9.51. The molecule has 0 aliphatic rings. The zero-order valence-corrected chi connectivity index (χ0v) is 16.3. The molecule has 140 valence electrons. The number of hydrogen-bond acceptors (Lipinski definition) is 3. The van der Waals surface area contributed by atoms with Crippen molar-refractivity contribution in [1.82, 2.24) is 10.2 Å². The molecule has 3 N–H and O–H groups in total. The van der Waals surface area contributed by atoms with Gasteiger partial charge in [0.15, 0.2) is 0 Å². The zero-order chi connectivity index (χ0) is 19.1. The Morgan fingerprint density at radius 2 is 1.77 bits per heavy atom. The second-order valence-electron chi connectivity index (χ2n) is 7.22. The molecule has 0 heterocycles. The lowest BCUT2D eigenvalue weighted by Gasteiger charge is -2.18. The van der Waals surface area contributed by atoms with Crippen molar-refractivity contribution in [3.63, 3.8) is 0 Å². The van der Waals surface area contributed by atoms with E-state index in [1.54, 1.807) is 0 Å². The molecule has 0 bridgehead atoms. The summed E-state index contributed by atoms with van der Waals surface area (Å²) >= 11 is 0. The second-order valence-corrected chi connectivity index (χ2v) is 7.22.